The average Bonchev–Trinajstić information content (AvgIpc) is 3.40. The molecule has 40 heavy (non-hydrogen) atoms. The first-order valence-corrected chi connectivity index (χ1v) is 14.3. The highest BCUT2D eigenvalue weighted by atomic mass is 35.5. The number of anilines is 1. The number of carboxylic acid groups (broad SMARTS) is 1. The molecule has 8 nitrogen and oxygen atoms in total. The second-order valence-electron chi connectivity index (χ2n) is 8.89. The maximum atomic E-state index is 13.0. The summed E-state index contributed by atoms with van der Waals surface area (Å²) in [7, 11) is 3.29. The molecule has 0 aliphatic carbocycles. The third-order valence-electron chi connectivity index (χ3n) is 6.02. The van der Waals surface area contributed by atoms with Gasteiger partial charge in [-0.3, -0.25) is 10.1 Å². The number of aliphatic carboxylic acids is 1. The van der Waals surface area contributed by atoms with E-state index in [9.17, 15) is 9.59 Å². The van der Waals surface area contributed by atoms with Crippen molar-refractivity contribution < 1.29 is 28.9 Å². The van der Waals surface area contributed by atoms with E-state index < -0.39 is 11.9 Å². The van der Waals surface area contributed by atoms with Crippen LogP contribution in [0.15, 0.2) is 41.3 Å². The number of nitrogens with one attached hydrogen (secondary N) is 1. The maximum Gasteiger partial charge on any atom is 0.331 e. The quantitative estimate of drug-likeness (QED) is 0.143. The smallest absolute Gasteiger partial charge is 0.331 e. The van der Waals surface area contributed by atoms with Gasteiger partial charge in [0.15, 0.2) is 5.13 Å². The van der Waals surface area contributed by atoms with Crippen LogP contribution >= 0.6 is 34.5 Å². The summed E-state index contributed by atoms with van der Waals surface area (Å²) in [5, 5.41) is 14.4. The summed E-state index contributed by atoms with van der Waals surface area (Å²) < 4.78 is 17.2. The summed E-state index contributed by atoms with van der Waals surface area (Å²) >= 11 is 13.9. The molecule has 11 heteroatoms. The Morgan fingerprint density at radius 2 is 1.90 bits per heavy atom. The van der Waals surface area contributed by atoms with Gasteiger partial charge in [-0.15, -0.1) is 11.3 Å². The van der Waals surface area contributed by atoms with Crippen molar-refractivity contribution in [1.29, 1.82) is 0 Å². The lowest BCUT2D eigenvalue weighted by Gasteiger charge is -2.20. The zero-order chi connectivity index (χ0) is 29.2. The highest BCUT2D eigenvalue weighted by Gasteiger charge is 2.21. The highest BCUT2D eigenvalue weighted by molar-refractivity contribution is 7.14. The monoisotopic (exact) mass is 606 g/mol. The molecule has 2 N–H and O–H groups in total. The van der Waals surface area contributed by atoms with E-state index in [0.29, 0.717) is 28.7 Å². The lowest BCUT2D eigenvalue weighted by atomic mass is 9.99. The largest absolute Gasteiger partial charge is 0.496 e. The minimum atomic E-state index is -1.09. The molecule has 0 aliphatic heterocycles. The molecule has 0 aliphatic rings. The number of benzene rings is 2. The predicted molar refractivity (Wildman–Crippen MR) is 160 cm³/mol. The second kappa shape index (κ2) is 15.2. The van der Waals surface area contributed by atoms with Crippen molar-refractivity contribution in [3.8, 4) is 17.0 Å². The Kier molecular flexibility index (Phi) is 12.0. The number of methoxy groups -OCH3 is 2. The molecule has 214 valence electrons. The van der Waals surface area contributed by atoms with Crippen molar-refractivity contribution in [2.24, 2.45) is 0 Å². The number of thiazole rings is 1. The number of aromatic nitrogens is 1. The van der Waals surface area contributed by atoms with Crippen LogP contribution in [-0.4, -0.2) is 49.4 Å². The van der Waals surface area contributed by atoms with Crippen LogP contribution in [0, 0.1) is 0 Å². The number of ether oxygens (including phenoxy) is 3. The van der Waals surface area contributed by atoms with Crippen molar-refractivity contribution in [3.05, 3.63) is 68.0 Å². The number of carbonyl (C=O) groups is 2. The fourth-order valence-corrected chi connectivity index (χ4v) is 5.31. The van der Waals surface area contributed by atoms with E-state index >= 15 is 0 Å². The van der Waals surface area contributed by atoms with Crippen LogP contribution in [0.1, 0.15) is 60.7 Å². The number of rotatable bonds is 14. The van der Waals surface area contributed by atoms with Gasteiger partial charge in [-0.05, 0) is 50.5 Å². The van der Waals surface area contributed by atoms with E-state index in [1.807, 2.05) is 23.6 Å². The molecule has 1 unspecified atom stereocenters. The number of amides is 1. The topological polar surface area (TPSA) is 107 Å². The Bertz CT molecular complexity index is 1350. The summed E-state index contributed by atoms with van der Waals surface area (Å²) in [4.78, 5) is 28.7. The second-order valence-corrected chi connectivity index (χ2v) is 10.6. The van der Waals surface area contributed by atoms with E-state index in [4.69, 9.17) is 42.5 Å². The highest BCUT2D eigenvalue weighted by Crippen LogP contribution is 2.39. The molecule has 3 rings (SSSR count). The molecule has 0 saturated heterocycles. The summed E-state index contributed by atoms with van der Waals surface area (Å²) in [5.74, 6) is -0.892. The first-order valence-electron chi connectivity index (χ1n) is 12.6. The van der Waals surface area contributed by atoms with Gasteiger partial charge in [0.25, 0.3) is 5.91 Å². The van der Waals surface area contributed by atoms with Gasteiger partial charge in [0.1, 0.15) is 5.75 Å². The van der Waals surface area contributed by atoms with Crippen LogP contribution in [0.3, 0.4) is 0 Å². The Labute approximate surface area is 247 Å². The average molecular weight is 608 g/mol. The number of hydrogen-bond acceptors (Lipinski definition) is 7. The van der Waals surface area contributed by atoms with Crippen LogP contribution in [-0.2, 0) is 14.3 Å². The molecule has 2 aromatic carbocycles. The normalized spacial score (nSPS) is 12.3. The van der Waals surface area contributed by atoms with Crippen LogP contribution < -0.4 is 10.1 Å². The fraction of sp³-hybridized carbons (Fsp3) is 0.345. The predicted octanol–water partition coefficient (Wildman–Crippen LogP) is 7.76. The van der Waals surface area contributed by atoms with Crippen LogP contribution in [0.2, 0.25) is 10.0 Å². The Morgan fingerprint density at radius 3 is 2.52 bits per heavy atom. The van der Waals surface area contributed by atoms with Crippen molar-refractivity contribution in [3.63, 3.8) is 0 Å². The molecule has 0 saturated carbocycles. The summed E-state index contributed by atoms with van der Waals surface area (Å²) in [5.41, 5.74) is 2.92. The molecule has 1 heterocycles. The van der Waals surface area contributed by atoms with Gasteiger partial charge in [0.2, 0.25) is 0 Å². The van der Waals surface area contributed by atoms with E-state index in [1.165, 1.54) is 36.5 Å². The van der Waals surface area contributed by atoms with Crippen LogP contribution in [0.5, 0.6) is 5.75 Å². The number of carbonyl (C=O) groups excluding carboxylic acids is 1. The molecule has 0 bridgehead atoms. The van der Waals surface area contributed by atoms with Gasteiger partial charge in [-0.25, -0.2) is 9.78 Å². The third kappa shape index (κ3) is 8.05. The number of para-hydroxylation sites is 1. The zero-order valence-electron chi connectivity index (χ0n) is 22.8. The van der Waals surface area contributed by atoms with Gasteiger partial charge in [0, 0.05) is 53.5 Å². The molecule has 0 fully saturated rings. The molecule has 1 amide bonds. The molecule has 0 spiro atoms. The lowest BCUT2D eigenvalue weighted by Crippen LogP contribution is -2.12. The van der Waals surface area contributed by atoms with Gasteiger partial charge in [0.05, 0.1) is 29.0 Å². The number of hydrogen-bond donors (Lipinski definition) is 2. The molecule has 1 atom stereocenters. The van der Waals surface area contributed by atoms with Gasteiger partial charge >= 0.3 is 5.97 Å². The molecular weight excluding hydrogens is 575 g/mol. The lowest BCUT2D eigenvalue weighted by molar-refractivity contribution is -0.132. The summed E-state index contributed by atoms with van der Waals surface area (Å²) in [6, 6.07) is 8.68. The minimum Gasteiger partial charge on any atom is -0.496 e. The molecule has 1 aromatic heterocycles. The van der Waals surface area contributed by atoms with Crippen molar-refractivity contribution in [1.82, 2.24) is 4.98 Å². The van der Waals surface area contributed by atoms with E-state index in [-0.39, 0.29) is 27.3 Å². The standard InChI is InChI=1S/C29H32Cl2N2O6S/c1-5-11-39-12-7-10-25(37-3)20-9-6-8-19(26(20)38-4)24-16-40-29(32-24)33-27(34)18-14-22(30)21(23(31)15-18)13-17(2)28(35)36/h6,8-9,13-16,25H,5,7,10-12H2,1-4H3,(H,35,36)(H,32,33,34)/b17-13+. The minimum absolute atomic E-state index is 0.0635. The Hall–Kier alpha value is -2.95. The Balaban J connectivity index is 1.79. The number of carboxylic acids is 1. The van der Waals surface area contributed by atoms with Gasteiger partial charge in [-0.1, -0.05) is 42.3 Å². The van der Waals surface area contributed by atoms with Gasteiger partial charge in [-0.2, -0.15) is 0 Å². The molecule has 3 aromatic rings. The zero-order valence-corrected chi connectivity index (χ0v) is 25.1. The van der Waals surface area contributed by atoms with Crippen LogP contribution in [0.25, 0.3) is 17.3 Å². The molecular formula is C29H32Cl2N2O6S. The number of nitrogens with zero attached hydrogens (tertiary/aromatic N) is 1. The molecule has 0 radical (unpaired) electrons. The Morgan fingerprint density at radius 1 is 1.18 bits per heavy atom. The van der Waals surface area contributed by atoms with Crippen molar-refractivity contribution in [2.75, 3.05) is 32.8 Å². The van der Waals surface area contributed by atoms with Crippen molar-refractivity contribution in [2.45, 2.75) is 39.2 Å². The van der Waals surface area contributed by atoms with Gasteiger partial charge < -0.3 is 19.3 Å². The third-order valence-corrected chi connectivity index (χ3v) is 7.41. The summed E-state index contributed by atoms with van der Waals surface area (Å²) in [6.07, 6.45) is 3.79. The first-order chi connectivity index (χ1) is 19.2. The van der Waals surface area contributed by atoms with Crippen LogP contribution in [0.4, 0.5) is 5.13 Å². The van der Waals surface area contributed by atoms with E-state index in [2.05, 4.69) is 17.2 Å². The number of halogens is 2. The van der Waals surface area contributed by atoms with E-state index in [1.54, 1.807) is 14.2 Å². The SMILES string of the molecule is CCCOCCCC(OC)c1cccc(-c2csc(NC(=O)c3cc(Cl)c(/C=C(\C)C(=O)O)c(Cl)c3)n2)c1OC. The summed E-state index contributed by atoms with van der Waals surface area (Å²) in [6.45, 7) is 4.92. The van der Waals surface area contributed by atoms with Crippen molar-refractivity contribution >= 4 is 57.6 Å². The fourth-order valence-electron chi connectivity index (χ4n) is 4.01. The van der Waals surface area contributed by atoms with E-state index in [0.717, 1.165) is 37.0 Å². The maximum absolute atomic E-state index is 13.0. The first kappa shape index (κ1) is 31.6.